The molecule has 1 aliphatic heterocycles. The molecule has 11 heteroatoms. The van der Waals surface area contributed by atoms with Crippen LogP contribution in [0.4, 0.5) is 14.6 Å². The zero-order valence-corrected chi connectivity index (χ0v) is 17.1. The van der Waals surface area contributed by atoms with Crippen molar-refractivity contribution in [3.63, 3.8) is 0 Å². The first-order valence-corrected chi connectivity index (χ1v) is 10.6. The van der Waals surface area contributed by atoms with Crippen molar-refractivity contribution in [1.29, 1.82) is 0 Å². The Balaban J connectivity index is 1.53. The number of aromatic nitrogens is 6. The molecule has 0 amide bonds. The van der Waals surface area contributed by atoms with Gasteiger partial charge in [0.05, 0.1) is 15.4 Å². The molecule has 0 unspecified atom stereocenters. The van der Waals surface area contributed by atoms with E-state index in [9.17, 15) is 8.78 Å². The number of halogens is 2. The van der Waals surface area contributed by atoms with Crippen LogP contribution in [0.1, 0.15) is 23.8 Å². The molecule has 0 radical (unpaired) electrons. The van der Waals surface area contributed by atoms with Crippen molar-refractivity contribution in [2.75, 3.05) is 18.8 Å². The first kappa shape index (κ1) is 19.6. The number of nitrogens with two attached hydrogens (primary N) is 1. The minimum absolute atomic E-state index is 0.115. The molecule has 3 aromatic heterocycles. The lowest BCUT2D eigenvalue weighted by Gasteiger charge is -2.20. The average Bonchev–Trinajstić information content (AvgIpc) is 3.47. The van der Waals surface area contributed by atoms with Gasteiger partial charge >= 0.3 is 0 Å². The summed E-state index contributed by atoms with van der Waals surface area (Å²) in [5.74, 6) is -1.25. The molecule has 1 aromatic carbocycles. The van der Waals surface area contributed by atoms with Gasteiger partial charge in [-0.15, -0.1) is 16.4 Å². The van der Waals surface area contributed by atoms with Gasteiger partial charge in [0, 0.05) is 23.9 Å². The molecule has 0 aliphatic carbocycles. The molecule has 5 rings (SSSR count). The molecule has 1 saturated heterocycles. The first-order valence-electron chi connectivity index (χ1n) is 9.77. The van der Waals surface area contributed by atoms with Gasteiger partial charge in [-0.1, -0.05) is 6.07 Å². The Bertz CT molecular complexity index is 1230. The van der Waals surface area contributed by atoms with Crippen molar-refractivity contribution in [2.45, 2.75) is 18.8 Å². The Kier molecular flexibility index (Phi) is 5.12. The van der Waals surface area contributed by atoms with E-state index in [1.807, 2.05) is 6.20 Å². The fraction of sp³-hybridized carbons (Fsp3) is 0.250. The molecule has 1 fully saturated rings. The number of piperidine rings is 1. The van der Waals surface area contributed by atoms with Crippen LogP contribution in [0.2, 0.25) is 0 Å². The summed E-state index contributed by atoms with van der Waals surface area (Å²) in [4.78, 5) is 9.83. The van der Waals surface area contributed by atoms with Gasteiger partial charge in [-0.2, -0.15) is 4.68 Å². The van der Waals surface area contributed by atoms with Crippen LogP contribution in [0.3, 0.4) is 0 Å². The third-order valence-corrected chi connectivity index (χ3v) is 6.49. The van der Waals surface area contributed by atoms with Gasteiger partial charge in [-0.25, -0.2) is 18.7 Å². The number of rotatable bonds is 4. The topological polar surface area (TPSA) is 107 Å². The Morgan fingerprint density at radius 3 is 2.81 bits per heavy atom. The van der Waals surface area contributed by atoms with Crippen LogP contribution < -0.4 is 11.1 Å². The lowest BCUT2D eigenvalue weighted by atomic mass is 9.99. The molecule has 0 atom stereocenters. The van der Waals surface area contributed by atoms with Crippen LogP contribution >= 0.6 is 11.3 Å². The van der Waals surface area contributed by atoms with Crippen LogP contribution in [0.25, 0.3) is 27.5 Å². The molecule has 0 bridgehead atoms. The lowest BCUT2D eigenvalue weighted by molar-refractivity contribution is 0.459. The van der Waals surface area contributed by atoms with E-state index in [4.69, 9.17) is 5.73 Å². The molecule has 4 aromatic rings. The van der Waals surface area contributed by atoms with Crippen LogP contribution in [0, 0.1) is 11.6 Å². The van der Waals surface area contributed by atoms with E-state index in [0.29, 0.717) is 11.5 Å². The number of nitrogens with one attached hydrogen (secondary N) is 1. The molecule has 4 heterocycles. The highest BCUT2D eigenvalue weighted by molar-refractivity contribution is 7.15. The van der Waals surface area contributed by atoms with Gasteiger partial charge in [-0.3, -0.25) is 0 Å². The van der Waals surface area contributed by atoms with Gasteiger partial charge in [0.15, 0.2) is 17.5 Å². The second-order valence-corrected chi connectivity index (χ2v) is 8.29. The Labute approximate surface area is 180 Å². The minimum atomic E-state index is -1.05. The largest absolute Gasteiger partial charge is 0.383 e. The molecule has 31 heavy (non-hydrogen) atoms. The molecule has 0 saturated carbocycles. The number of nitrogen functional groups attached to an aromatic ring is 1. The lowest BCUT2D eigenvalue weighted by Crippen LogP contribution is -2.26. The SMILES string of the molecule is Nc1ncc(-c2cnc(C3CCNCC3)s2)cc1-c1nnnn1-c1cccc(F)c1F. The Morgan fingerprint density at radius 1 is 1.13 bits per heavy atom. The third-order valence-electron chi connectivity index (χ3n) is 5.28. The summed E-state index contributed by atoms with van der Waals surface area (Å²) in [5.41, 5.74) is 7.20. The van der Waals surface area contributed by atoms with Crippen molar-refractivity contribution in [3.05, 3.63) is 53.3 Å². The van der Waals surface area contributed by atoms with Gasteiger partial charge in [0.1, 0.15) is 11.5 Å². The van der Waals surface area contributed by atoms with Crippen LogP contribution in [0.15, 0.2) is 36.7 Å². The first-order chi connectivity index (χ1) is 15.1. The van der Waals surface area contributed by atoms with E-state index in [1.54, 1.807) is 23.6 Å². The van der Waals surface area contributed by atoms with Crippen molar-refractivity contribution in [2.24, 2.45) is 0 Å². The number of pyridine rings is 1. The third kappa shape index (κ3) is 3.66. The van der Waals surface area contributed by atoms with Crippen molar-refractivity contribution < 1.29 is 8.78 Å². The van der Waals surface area contributed by atoms with Crippen LogP contribution in [-0.4, -0.2) is 43.3 Å². The van der Waals surface area contributed by atoms with E-state index in [0.717, 1.165) is 52.1 Å². The monoisotopic (exact) mass is 440 g/mol. The number of nitrogens with zero attached hydrogens (tertiary/aromatic N) is 6. The maximum Gasteiger partial charge on any atom is 0.190 e. The van der Waals surface area contributed by atoms with Crippen LogP contribution in [-0.2, 0) is 0 Å². The van der Waals surface area contributed by atoms with Crippen molar-refractivity contribution in [3.8, 4) is 27.5 Å². The maximum absolute atomic E-state index is 14.3. The van der Waals surface area contributed by atoms with E-state index in [-0.39, 0.29) is 17.3 Å². The summed E-state index contributed by atoms with van der Waals surface area (Å²) in [6.45, 7) is 1.99. The van der Waals surface area contributed by atoms with E-state index in [2.05, 4.69) is 30.8 Å². The minimum Gasteiger partial charge on any atom is -0.383 e. The highest BCUT2D eigenvalue weighted by atomic mass is 32.1. The Morgan fingerprint density at radius 2 is 1.97 bits per heavy atom. The quantitative estimate of drug-likeness (QED) is 0.502. The summed E-state index contributed by atoms with van der Waals surface area (Å²) < 4.78 is 29.2. The Hall–Kier alpha value is -3.31. The predicted octanol–water partition coefficient (Wildman–Crippen LogP) is 3.18. The molecular weight excluding hydrogens is 422 g/mol. The number of benzene rings is 1. The number of hydrogen-bond acceptors (Lipinski definition) is 8. The highest BCUT2D eigenvalue weighted by Gasteiger charge is 2.21. The normalized spacial score (nSPS) is 14.8. The fourth-order valence-corrected chi connectivity index (χ4v) is 4.71. The molecule has 0 spiro atoms. The summed E-state index contributed by atoms with van der Waals surface area (Å²) in [7, 11) is 0. The van der Waals surface area contributed by atoms with Crippen molar-refractivity contribution in [1.82, 2.24) is 35.5 Å². The molecule has 8 nitrogen and oxygen atoms in total. The number of thiazole rings is 1. The zero-order valence-electron chi connectivity index (χ0n) is 16.3. The standard InChI is InChI=1S/C20H18F2N8S/c21-14-2-1-3-15(17(14)22)30-19(27-28-29-30)13-8-12(9-25-18(13)23)16-10-26-20(31-16)11-4-6-24-7-5-11/h1-3,8-11,24H,4-7H2,(H2,23,25). The summed E-state index contributed by atoms with van der Waals surface area (Å²) in [5, 5.41) is 15.9. The number of tetrazole rings is 1. The number of anilines is 1. The predicted molar refractivity (Wildman–Crippen MR) is 113 cm³/mol. The summed E-state index contributed by atoms with van der Waals surface area (Å²) >= 11 is 1.62. The fourth-order valence-electron chi connectivity index (χ4n) is 3.64. The molecular formula is C20H18F2N8S. The second-order valence-electron chi connectivity index (χ2n) is 7.23. The van der Waals surface area contributed by atoms with E-state index < -0.39 is 11.6 Å². The highest BCUT2D eigenvalue weighted by Crippen LogP contribution is 2.36. The van der Waals surface area contributed by atoms with E-state index in [1.165, 1.54) is 12.1 Å². The molecule has 158 valence electrons. The zero-order chi connectivity index (χ0) is 21.4. The average molecular weight is 440 g/mol. The van der Waals surface area contributed by atoms with Gasteiger partial charge < -0.3 is 11.1 Å². The van der Waals surface area contributed by atoms with Crippen molar-refractivity contribution >= 4 is 17.2 Å². The smallest absolute Gasteiger partial charge is 0.190 e. The number of hydrogen-bond donors (Lipinski definition) is 2. The molecule has 1 aliphatic rings. The van der Waals surface area contributed by atoms with E-state index >= 15 is 0 Å². The van der Waals surface area contributed by atoms with Gasteiger partial charge in [-0.05, 0) is 54.6 Å². The molecule has 3 N–H and O–H groups in total. The maximum atomic E-state index is 14.3. The summed E-state index contributed by atoms with van der Waals surface area (Å²) in [6, 6.07) is 5.60. The summed E-state index contributed by atoms with van der Waals surface area (Å²) in [6.07, 6.45) is 5.61. The van der Waals surface area contributed by atoms with Gasteiger partial charge in [0.2, 0.25) is 0 Å². The van der Waals surface area contributed by atoms with Crippen LogP contribution in [0.5, 0.6) is 0 Å². The van der Waals surface area contributed by atoms with Gasteiger partial charge in [0.25, 0.3) is 0 Å². The second kappa shape index (κ2) is 8.08.